The number of benzene rings is 1. The maximum absolute atomic E-state index is 5.39. The van der Waals surface area contributed by atoms with Crippen LogP contribution >= 0.6 is 0 Å². The summed E-state index contributed by atoms with van der Waals surface area (Å²) in [6, 6.07) is 6.25. The van der Waals surface area contributed by atoms with Gasteiger partial charge < -0.3 is 19.5 Å². The van der Waals surface area contributed by atoms with E-state index in [4.69, 9.17) is 14.2 Å². The standard InChI is InChI=1S/C16H25NO3/c1-16(10-13(16)11-17-7-8-18-2)12-5-6-14(19-3)15(9-12)20-4/h5-6,9,13,17H,7-8,10-11H2,1-4H3. The molecule has 0 spiro atoms. The van der Waals surface area contributed by atoms with Gasteiger partial charge in [-0.25, -0.2) is 0 Å². The zero-order chi connectivity index (χ0) is 14.6. The van der Waals surface area contributed by atoms with Crippen molar-refractivity contribution < 1.29 is 14.2 Å². The minimum Gasteiger partial charge on any atom is -0.493 e. The second-order valence-electron chi connectivity index (χ2n) is 5.59. The van der Waals surface area contributed by atoms with E-state index in [-0.39, 0.29) is 5.41 Å². The molecule has 2 rings (SSSR count). The van der Waals surface area contributed by atoms with Gasteiger partial charge in [-0.1, -0.05) is 13.0 Å². The van der Waals surface area contributed by atoms with Crippen LogP contribution in [0.5, 0.6) is 11.5 Å². The van der Waals surface area contributed by atoms with Gasteiger partial charge in [0.25, 0.3) is 0 Å². The van der Waals surface area contributed by atoms with Crippen molar-refractivity contribution in [2.24, 2.45) is 5.92 Å². The van der Waals surface area contributed by atoms with Crippen LogP contribution in [-0.4, -0.2) is 41.0 Å². The molecule has 4 heteroatoms. The van der Waals surface area contributed by atoms with Crippen LogP contribution in [-0.2, 0) is 10.2 Å². The largest absolute Gasteiger partial charge is 0.493 e. The molecular formula is C16H25NO3. The average molecular weight is 279 g/mol. The van der Waals surface area contributed by atoms with Crippen LogP contribution in [0.1, 0.15) is 18.9 Å². The first kappa shape index (κ1) is 15.1. The van der Waals surface area contributed by atoms with Crippen molar-refractivity contribution in [1.29, 1.82) is 0 Å². The quantitative estimate of drug-likeness (QED) is 0.741. The van der Waals surface area contributed by atoms with E-state index < -0.39 is 0 Å². The number of nitrogens with one attached hydrogen (secondary N) is 1. The molecule has 4 nitrogen and oxygen atoms in total. The molecule has 1 N–H and O–H groups in total. The van der Waals surface area contributed by atoms with Gasteiger partial charge in [-0.3, -0.25) is 0 Å². The van der Waals surface area contributed by atoms with Gasteiger partial charge in [0.2, 0.25) is 0 Å². The third-order valence-corrected chi connectivity index (χ3v) is 4.33. The molecule has 1 aromatic rings. The molecule has 0 saturated heterocycles. The van der Waals surface area contributed by atoms with E-state index in [9.17, 15) is 0 Å². The Hall–Kier alpha value is -1.26. The summed E-state index contributed by atoms with van der Waals surface area (Å²) in [7, 11) is 5.08. The molecule has 1 aliphatic rings. The van der Waals surface area contributed by atoms with Crippen LogP contribution in [0.3, 0.4) is 0 Å². The normalized spacial score (nSPS) is 24.5. The van der Waals surface area contributed by atoms with Gasteiger partial charge in [0.15, 0.2) is 11.5 Å². The van der Waals surface area contributed by atoms with Crippen molar-refractivity contribution in [3.63, 3.8) is 0 Å². The number of hydrogen-bond donors (Lipinski definition) is 1. The highest BCUT2D eigenvalue weighted by Gasteiger charge is 2.50. The molecular weight excluding hydrogens is 254 g/mol. The second kappa shape index (κ2) is 6.46. The zero-order valence-electron chi connectivity index (χ0n) is 12.9. The minimum atomic E-state index is 0.250. The number of rotatable bonds is 8. The predicted molar refractivity (Wildman–Crippen MR) is 79.8 cm³/mol. The number of hydrogen-bond acceptors (Lipinski definition) is 4. The second-order valence-corrected chi connectivity index (χ2v) is 5.59. The lowest BCUT2D eigenvalue weighted by Crippen LogP contribution is -2.23. The first-order valence-corrected chi connectivity index (χ1v) is 7.08. The fourth-order valence-corrected chi connectivity index (χ4v) is 2.75. The van der Waals surface area contributed by atoms with E-state index in [0.717, 1.165) is 31.2 Å². The van der Waals surface area contributed by atoms with Crippen LogP contribution < -0.4 is 14.8 Å². The Morgan fingerprint density at radius 2 is 1.95 bits per heavy atom. The molecule has 0 bridgehead atoms. The number of ether oxygens (including phenoxy) is 3. The molecule has 0 aromatic heterocycles. The Morgan fingerprint density at radius 1 is 1.20 bits per heavy atom. The van der Waals surface area contributed by atoms with E-state index in [0.29, 0.717) is 5.92 Å². The maximum atomic E-state index is 5.39. The predicted octanol–water partition coefficient (Wildman–Crippen LogP) is 2.22. The molecule has 0 amide bonds. The molecule has 1 aromatic carbocycles. The molecule has 1 fully saturated rings. The van der Waals surface area contributed by atoms with Crippen LogP contribution in [0.4, 0.5) is 0 Å². The van der Waals surface area contributed by atoms with E-state index in [1.807, 2.05) is 6.07 Å². The minimum absolute atomic E-state index is 0.250. The lowest BCUT2D eigenvalue weighted by Gasteiger charge is -2.15. The lowest BCUT2D eigenvalue weighted by atomic mass is 9.95. The van der Waals surface area contributed by atoms with E-state index in [1.54, 1.807) is 21.3 Å². The monoisotopic (exact) mass is 279 g/mol. The smallest absolute Gasteiger partial charge is 0.161 e. The van der Waals surface area contributed by atoms with Gasteiger partial charge in [0.1, 0.15) is 0 Å². The van der Waals surface area contributed by atoms with Gasteiger partial charge in [-0.15, -0.1) is 0 Å². The van der Waals surface area contributed by atoms with Crippen molar-refractivity contribution in [2.75, 3.05) is 41.0 Å². The Balaban J connectivity index is 1.98. The topological polar surface area (TPSA) is 39.7 Å². The summed E-state index contributed by atoms with van der Waals surface area (Å²) in [6.07, 6.45) is 1.21. The van der Waals surface area contributed by atoms with Crippen molar-refractivity contribution in [3.8, 4) is 11.5 Å². The molecule has 20 heavy (non-hydrogen) atoms. The van der Waals surface area contributed by atoms with E-state index in [1.165, 1.54) is 12.0 Å². The van der Waals surface area contributed by atoms with Gasteiger partial charge in [-0.05, 0) is 42.0 Å². The summed E-state index contributed by atoms with van der Waals surface area (Å²) in [5, 5.41) is 3.44. The Labute approximate surface area is 121 Å². The molecule has 112 valence electrons. The summed E-state index contributed by atoms with van der Waals surface area (Å²) in [4.78, 5) is 0. The van der Waals surface area contributed by atoms with Crippen LogP contribution in [0.2, 0.25) is 0 Å². The first-order valence-electron chi connectivity index (χ1n) is 7.08. The Kier molecular flexibility index (Phi) is 4.89. The number of methoxy groups -OCH3 is 3. The highest BCUT2D eigenvalue weighted by Crippen LogP contribution is 2.54. The zero-order valence-corrected chi connectivity index (χ0v) is 12.9. The lowest BCUT2D eigenvalue weighted by molar-refractivity contribution is 0.199. The third-order valence-electron chi connectivity index (χ3n) is 4.33. The van der Waals surface area contributed by atoms with Gasteiger partial charge in [0, 0.05) is 13.7 Å². The molecule has 0 radical (unpaired) electrons. The highest BCUT2D eigenvalue weighted by molar-refractivity contribution is 5.47. The van der Waals surface area contributed by atoms with Gasteiger partial charge in [0.05, 0.1) is 20.8 Å². The molecule has 0 aliphatic heterocycles. The third kappa shape index (κ3) is 3.07. The van der Waals surface area contributed by atoms with Gasteiger partial charge in [-0.2, -0.15) is 0 Å². The van der Waals surface area contributed by atoms with Crippen molar-refractivity contribution >= 4 is 0 Å². The van der Waals surface area contributed by atoms with Crippen LogP contribution in [0, 0.1) is 5.92 Å². The molecule has 0 heterocycles. The average Bonchev–Trinajstić information content (AvgIpc) is 3.15. The summed E-state index contributed by atoms with van der Waals surface area (Å²) in [6.45, 7) is 5.03. The summed E-state index contributed by atoms with van der Waals surface area (Å²) >= 11 is 0. The first-order chi connectivity index (χ1) is 9.65. The summed E-state index contributed by atoms with van der Waals surface area (Å²) < 4.78 is 15.7. The van der Waals surface area contributed by atoms with Crippen LogP contribution in [0.25, 0.3) is 0 Å². The fourth-order valence-electron chi connectivity index (χ4n) is 2.75. The summed E-state index contributed by atoms with van der Waals surface area (Å²) in [5.41, 5.74) is 1.58. The Bertz CT molecular complexity index is 449. The molecule has 2 atom stereocenters. The fraction of sp³-hybridized carbons (Fsp3) is 0.625. The molecule has 1 saturated carbocycles. The Morgan fingerprint density at radius 3 is 2.60 bits per heavy atom. The van der Waals surface area contributed by atoms with E-state index in [2.05, 4.69) is 24.4 Å². The highest BCUT2D eigenvalue weighted by atomic mass is 16.5. The molecule has 1 aliphatic carbocycles. The summed E-state index contributed by atoms with van der Waals surface area (Å²) in [5.74, 6) is 2.27. The van der Waals surface area contributed by atoms with Crippen molar-refractivity contribution in [2.45, 2.75) is 18.8 Å². The van der Waals surface area contributed by atoms with Gasteiger partial charge >= 0.3 is 0 Å². The molecule has 2 unspecified atom stereocenters. The maximum Gasteiger partial charge on any atom is 0.161 e. The van der Waals surface area contributed by atoms with E-state index >= 15 is 0 Å². The van der Waals surface area contributed by atoms with Crippen molar-refractivity contribution in [1.82, 2.24) is 5.32 Å². The van der Waals surface area contributed by atoms with Crippen molar-refractivity contribution in [3.05, 3.63) is 23.8 Å². The van der Waals surface area contributed by atoms with Crippen LogP contribution in [0.15, 0.2) is 18.2 Å². The SMILES string of the molecule is COCCNCC1CC1(C)c1ccc(OC)c(OC)c1.